The summed E-state index contributed by atoms with van der Waals surface area (Å²) in [5, 5.41) is 6.79. The first-order valence-electron chi connectivity index (χ1n) is 9.60. The van der Waals surface area contributed by atoms with Crippen molar-refractivity contribution in [1.29, 1.82) is 0 Å². The number of rotatable bonds is 5. The van der Waals surface area contributed by atoms with Crippen molar-refractivity contribution in [1.82, 2.24) is 5.43 Å². The number of esters is 1. The number of fused-ring (bicyclic) bond motifs is 1. The van der Waals surface area contributed by atoms with Gasteiger partial charge in [-0.05, 0) is 59.3 Å². The van der Waals surface area contributed by atoms with Crippen LogP contribution in [-0.2, 0) is 0 Å². The molecule has 0 aliphatic rings. The van der Waals surface area contributed by atoms with Gasteiger partial charge in [0, 0.05) is 21.2 Å². The molecule has 0 aliphatic heterocycles. The highest BCUT2D eigenvalue weighted by atomic mass is 35.5. The van der Waals surface area contributed by atoms with E-state index in [0.717, 1.165) is 10.8 Å². The molecular weight excluding hydrogens is 447 g/mol. The Morgan fingerprint density at radius 3 is 2.38 bits per heavy atom. The number of hydrogen-bond acceptors (Lipinski definition) is 4. The van der Waals surface area contributed by atoms with Crippen molar-refractivity contribution in [3.63, 3.8) is 0 Å². The van der Waals surface area contributed by atoms with Crippen molar-refractivity contribution in [2.45, 2.75) is 0 Å². The Bertz CT molecular complexity index is 1330. The smallest absolute Gasteiger partial charge is 0.343 e. The molecule has 7 heteroatoms. The molecule has 0 heterocycles. The number of nitrogens with zero attached hydrogens (tertiary/aromatic N) is 1. The molecule has 0 aromatic heterocycles. The molecule has 0 bridgehead atoms. The fourth-order valence-corrected chi connectivity index (χ4v) is 3.41. The molecule has 1 amide bonds. The molecule has 1 N–H and O–H groups in total. The van der Waals surface area contributed by atoms with E-state index in [2.05, 4.69) is 10.5 Å². The zero-order valence-electron chi connectivity index (χ0n) is 16.6. The van der Waals surface area contributed by atoms with Crippen LogP contribution in [0, 0.1) is 0 Å². The summed E-state index contributed by atoms with van der Waals surface area (Å²) in [6.07, 6.45) is 1.45. The normalized spacial score (nSPS) is 10.9. The molecule has 4 aromatic rings. The number of benzene rings is 4. The summed E-state index contributed by atoms with van der Waals surface area (Å²) in [6, 6.07) is 24.1. The molecule has 4 rings (SSSR count). The number of carbonyl (C=O) groups excluding carboxylic acids is 2. The van der Waals surface area contributed by atoms with Crippen molar-refractivity contribution in [3.05, 3.63) is 112 Å². The Morgan fingerprint density at radius 2 is 1.59 bits per heavy atom. The van der Waals surface area contributed by atoms with E-state index in [1.54, 1.807) is 54.6 Å². The van der Waals surface area contributed by atoms with E-state index in [9.17, 15) is 9.59 Å². The highest BCUT2D eigenvalue weighted by molar-refractivity contribution is 6.31. The Kier molecular flexibility index (Phi) is 6.50. The van der Waals surface area contributed by atoms with Crippen LogP contribution in [0.4, 0.5) is 0 Å². The third-order valence-electron chi connectivity index (χ3n) is 4.66. The molecule has 4 aromatic carbocycles. The minimum absolute atomic E-state index is 0.310. The number of carbonyl (C=O) groups is 2. The maximum absolute atomic E-state index is 12.6. The fraction of sp³-hybridized carbons (Fsp3) is 0. The highest BCUT2D eigenvalue weighted by Crippen LogP contribution is 2.27. The van der Waals surface area contributed by atoms with Gasteiger partial charge in [0.15, 0.2) is 0 Å². The Hall–Kier alpha value is -3.67. The first-order chi connectivity index (χ1) is 15.5. The summed E-state index contributed by atoms with van der Waals surface area (Å²) >= 11 is 11.8. The molecule has 0 saturated heterocycles. The van der Waals surface area contributed by atoms with Crippen LogP contribution in [0.1, 0.15) is 26.3 Å². The third-order valence-corrected chi connectivity index (χ3v) is 5.15. The van der Waals surface area contributed by atoms with Crippen molar-refractivity contribution in [3.8, 4) is 5.75 Å². The van der Waals surface area contributed by atoms with Gasteiger partial charge >= 0.3 is 5.97 Å². The van der Waals surface area contributed by atoms with E-state index < -0.39 is 11.9 Å². The highest BCUT2D eigenvalue weighted by Gasteiger charge is 2.14. The van der Waals surface area contributed by atoms with E-state index in [0.29, 0.717) is 32.5 Å². The summed E-state index contributed by atoms with van der Waals surface area (Å²) in [5.74, 6) is -0.636. The quantitative estimate of drug-likeness (QED) is 0.168. The number of ether oxygens (including phenoxy) is 1. The molecule has 0 radical (unpaired) electrons. The van der Waals surface area contributed by atoms with Gasteiger partial charge < -0.3 is 4.74 Å². The minimum atomic E-state index is -0.533. The van der Waals surface area contributed by atoms with Crippen LogP contribution >= 0.6 is 23.2 Å². The molecule has 0 fully saturated rings. The van der Waals surface area contributed by atoms with E-state index in [-0.39, 0.29) is 0 Å². The number of nitrogens with one attached hydrogen (secondary N) is 1. The summed E-state index contributed by atoms with van der Waals surface area (Å²) in [6.45, 7) is 0. The lowest BCUT2D eigenvalue weighted by Gasteiger charge is -2.10. The van der Waals surface area contributed by atoms with Crippen LogP contribution in [-0.4, -0.2) is 18.1 Å². The van der Waals surface area contributed by atoms with Crippen LogP contribution in [0.5, 0.6) is 5.75 Å². The molecule has 0 spiro atoms. The lowest BCUT2D eigenvalue weighted by atomic mass is 10.0. The number of amides is 1. The molecular formula is C25H16Cl2N2O3. The first kappa shape index (κ1) is 21.6. The van der Waals surface area contributed by atoms with E-state index in [1.165, 1.54) is 6.21 Å². The monoisotopic (exact) mass is 462 g/mol. The van der Waals surface area contributed by atoms with Crippen molar-refractivity contribution < 1.29 is 14.3 Å². The summed E-state index contributed by atoms with van der Waals surface area (Å²) in [4.78, 5) is 25.0. The molecule has 32 heavy (non-hydrogen) atoms. The van der Waals surface area contributed by atoms with Crippen LogP contribution in [0.3, 0.4) is 0 Å². The zero-order valence-corrected chi connectivity index (χ0v) is 18.1. The van der Waals surface area contributed by atoms with Gasteiger partial charge in [-0.25, -0.2) is 10.2 Å². The van der Waals surface area contributed by atoms with Gasteiger partial charge in [-0.15, -0.1) is 0 Å². The zero-order chi connectivity index (χ0) is 22.5. The van der Waals surface area contributed by atoms with Gasteiger partial charge in [0.25, 0.3) is 5.91 Å². The Balaban J connectivity index is 1.62. The number of halogens is 2. The van der Waals surface area contributed by atoms with Gasteiger partial charge in [-0.3, -0.25) is 4.79 Å². The van der Waals surface area contributed by atoms with Crippen LogP contribution < -0.4 is 10.2 Å². The molecule has 0 saturated carbocycles. The molecule has 0 unspecified atom stereocenters. The largest absolute Gasteiger partial charge is 0.422 e. The van der Waals surface area contributed by atoms with Gasteiger partial charge in [-0.1, -0.05) is 59.6 Å². The topological polar surface area (TPSA) is 67.8 Å². The Morgan fingerprint density at radius 1 is 0.812 bits per heavy atom. The average molecular weight is 463 g/mol. The van der Waals surface area contributed by atoms with Crippen molar-refractivity contribution in [2.24, 2.45) is 5.10 Å². The molecule has 0 aliphatic carbocycles. The van der Waals surface area contributed by atoms with Crippen LogP contribution in [0.15, 0.2) is 90.0 Å². The summed E-state index contributed by atoms with van der Waals surface area (Å²) < 4.78 is 5.63. The minimum Gasteiger partial charge on any atom is -0.422 e. The number of hydrogen-bond donors (Lipinski definition) is 1. The van der Waals surface area contributed by atoms with Crippen molar-refractivity contribution >= 4 is 52.1 Å². The van der Waals surface area contributed by atoms with Crippen LogP contribution in [0.2, 0.25) is 10.0 Å². The first-order valence-corrected chi connectivity index (χ1v) is 10.4. The van der Waals surface area contributed by atoms with Crippen molar-refractivity contribution in [2.75, 3.05) is 0 Å². The van der Waals surface area contributed by atoms with Gasteiger partial charge in [-0.2, -0.15) is 5.10 Å². The average Bonchev–Trinajstić information content (AvgIpc) is 2.80. The van der Waals surface area contributed by atoms with Gasteiger partial charge in [0.2, 0.25) is 0 Å². The SMILES string of the molecule is O=C(NN=Cc1c(OC(=O)c2ccc(Cl)cc2)ccc2ccccc12)c1cccc(Cl)c1. The standard InChI is InChI=1S/C25H16Cl2N2O3/c26-19-11-8-17(9-12-19)25(31)32-23-13-10-16-4-1-2-7-21(16)22(23)15-28-29-24(30)18-5-3-6-20(27)14-18/h1-15H,(H,29,30). The fourth-order valence-electron chi connectivity index (χ4n) is 3.09. The maximum atomic E-state index is 12.6. The second-order valence-corrected chi connectivity index (χ2v) is 7.68. The summed E-state index contributed by atoms with van der Waals surface area (Å²) in [7, 11) is 0. The molecule has 5 nitrogen and oxygen atoms in total. The molecule has 158 valence electrons. The molecule has 0 atom stereocenters. The van der Waals surface area contributed by atoms with E-state index in [1.807, 2.05) is 30.3 Å². The predicted molar refractivity (Wildman–Crippen MR) is 127 cm³/mol. The van der Waals surface area contributed by atoms with E-state index >= 15 is 0 Å². The van der Waals surface area contributed by atoms with Crippen LogP contribution in [0.25, 0.3) is 10.8 Å². The summed E-state index contributed by atoms with van der Waals surface area (Å²) in [5.41, 5.74) is 3.76. The lowest BCUT2D eigenvalue weighted by molar-refractivity contribution is 0.0734. The lowest BCUT2D eigenvalue weighted by Crippen LogP contribution is -2.17. The second kappa shape index (κ2) is 9.64. The van der Waals surface area contributed by atoms with Gasteiger partial charge in [0.05, 0.1) is 11.8 Å². The Labute approximate surface area is 194 Å². The maximum Gasteiger partial charge on any atom is 0.343 e. The van der Waals surface area contributed by atoms with Gasteiger partial charge in [0.1, 0.15) is 5.75 Å². The predicted octanol–water partition coefficient (Wildman–Crippen LogP) is 6.13. The number of hydrazone groups is 1. The van der Waals surface area contributed by atoms with E-state index in [4.69, 9.17) is 27.9 Å². The second-order valence-electron chi connectivity index (χ2n) is 6.80. The third kappa shape index (κ3) is 4.97.